The van der Waals surface area contributed by atoms with Gasteiger partial charge in [0.25, 0.3) is 0 Å². The van der Waals surface area contributed by atoms with Crippen LogP contribution < -0.4 is 24.8 Å². The van der Waals surface area contributed by atoms with Gasteiger partial charge in [0.1, 0.15) is 0 Å². The van der Waals surface area contributed by atoms with E-state index in [1.165, 1.54) is 0 Å². The molecule has 0 fully saturated rings. The van der Waals surface area contributed by atoms with E-state index in [1.807, 2.05) is 0 Å². The van der Waals surface area contributed by atoms with E-state index in [9.17, 15) is 0 Å². The van der Waals surface area contributed by atoms with Crippen LogP contribution in [0.1, 0.15) is 0 Å². The Morgan fingerprint density at radius 3 is 0.400 bits per heavy atom. The Balaban J connectivity index is 0. The first-order valence-electron chi connectivity index (χ1n) is 0. The Kier molecular flexibility index (Phi) is 164. The minimum atomic E-state index is 0. The molecule has 0 saturated carbocycles. The summed E-state index contributed by atoms with van der Waals surface area (Å²) in [6.07, 6.45) is 0. The standard InChI is InChI=1S/3Ca.2ClH/h;;;2*1H/q3*+2;;/p-2. The van der Waals surface area contributed by atoms with Gasteiger partial charge in [-0.3, -0.25) is 0 Å². The molecule has 0 amide bonds. The third kappa shape index (κ3) is 17.8. The summed E-state index contributed by atoms with van der Waals surface area (Å²) < 4.78 is 0. The van der Waals surface area contributed by atoms with Crippen molar-refractivity contribution in [2.24, 2.45) is 0 Å². The van der Waals surface area contributed by atoms with Gasteiger partial charge >= 0.3 is 113 Å². The Morgan fingerprint density at radius 2 is 0.400 bits per heavy atom. The Labute approximate surface area is 134 Å². The summed E-state index contributed by atoms with van der Waals surface area (Å²) in [7, 11) is 0. The van der Waals surface area contributed by atoms with E-state index in [0.717, 1.165) is 0 Å². The first kappa shape index (κ1) is 34.4. The zero-order chi connectivity index (χ0) is 0. The fourth-order valence-corrected chi connectivity index (χ4v) is 0. The van der Waals surface area contributed by atoms with Crippen molar-refractivity contribution >= 4 is 113 Å². The van der Waals surface area contributed by atoms with Crippen LogP contribution in [0.15, 0.2) is 0 Å². The van der Waals surface area contributed by atoms with Gasteiger partial charge in [-0.15, -0.1) is 0 Å². The van der Waals surface area contributed by atoms with E-state index in [0.29, 0.717) is 0 Å². The molecular weight excluding hydrogens is 191 g/mol. The van der Waals surface area contributed by atoms with E-state index in [1.54, 1.807) is 0 Å². The van der Waals surface area contributed by atoms with Crippen molar-refractivity contribution in [3.63, 3.8) is 0 Å². The molecule has 0 saturated heterocycles. The molecule has 16 valence electrons. The van der Waals surface area contributed by atoms with Gasteiger partial charge in [0.15, 0.2) is 0 Å². The molecule has 0 aliphatic rings. The normalized spacial score (nSPS) is 0. The third-order valence-electron chi connectivity index (χ3n) is 0. The van der Waals surface area contributed by atoms with Gasteiger partial charge in [0, 0.05) is 0 Å². The van der Waals surface area contributed by atoms with Gasteiger partial charge in [-0.25, -0.2) is 0 Å². The quantitative estimate of drug-likeness (QED) is 0.334. The summed E-state index contributed by atoms with van der Waals surface area (Å²) in [5, 5.41) is 0. The SMILES string of the molecule is [Ca+2].[Ca+2].[Ca+2].[Cl-].[Cl-]. The van der Waals surface area contributed by atoms with Gasteiger partial charge in [0.05, 0.1) is 0 Å². The molecular formula is Ca3Cl2+4. The summed E-state index contributed by atoms with van der Waals surface area (Å²) in [6, 6.07) is 0. The van der Waals surface area contributed by atoms with Crippen LogP contribution in [0.25, 0.3) is 0 Å². The summed E-state index contributed by atoms with van der Waals surface area (Å²) >= 11 is 0. The molecule has 0 aliphatic carbocycles. The van der Waals surface area contributed by atoms with Crippen molar-refractivity contribution in [3.05, 3.63) is 0 Å². The number of halogens is 2. The van der Waals surface area contributed by atoms with Crippen molar-refractivity contribution in [2.75, 3.05) is 0 Å². The van der Waals surface area contributed by atoms with Crippen molar-refractivity contribution in [1.29, 1.82) is 0 Å². The molecule has 5 heavy (non-hydrogen) atoms. The van der Waals surface area contributed by atoms with Crippen LogP contribution in [-0.2, 0) is 0 Å². The predicted octanol–water partition coefficient (Wildman–Crippen LogP) is -7.13. The first-order chi connectivity index (χ1) is 0. The molecule has 0 atom stereocenters. The summed E-state index contributed by atoms with van der Waals surface area (Å²) in [5.41, 5.74) is 0. The largest absolute Gasteiger partial charge is 2.00 e. The second-order valence-electron chi connectivity index (χ2n) is 0. The topological polar surface area (TPSA) is 0 Å². The molecule has 5 heteroatoms. The average Bonchev–Trinajstić information content (AvgIpc) is 0. The molecule has 0 N–H and O–H groups in total. The zero-order valence-electron chi connectivity index (χ0n) is 2.88. The fourth-order valence-electron chi connectivity index (χ4n) is 0. The minimum absolute atomic E-state index is 0. The molecule has 0 nitrogen and oxygen atoms in total. The maximum absolute atomic E-state index is 0. The Hall–Kier alpha value is 4.36. The molecule has 0 aromatic heterocycles. The van der Waals surface area contributed by atoms with Crippen LogP contribution in [0.4, 0.5) is 0 Å². The molecule has 0 radical (unpaired) electrons. The Morgan fingerprint density at radius 1 is 0.400 bits per heavy atom. The van der Waals surface area contributed by atoms with Gasteiger partial charge < -0.3 is 24.8 Å². The maximum atomic E-state index is 0. The number of rotatable bonds is 0. The second-order valence-corrected chi connectivity index (χ2v) is 0. The average molecular weight is 191 g/mol. The van der Waals surface area contributed by atoms with Gasteiger partial charge in [-0.1, -0.05) is 0 Å². The second kappa shape index (κ2) is 23.8. The van der Waals surface area contributed by atoms with Crippen molar-refractivity contribution in [3.8, 4) is 0 Å². The van der Waals surface area contributed by atoms with E-state index < -0.39 is 0 Å². The molecule has 0 aromatic carbocycles. The Bertz CT molecular complexity index is 4.85. The van der Waals surface area contributed by atoms with Crippen molar-refractivity contribution in [1.82, 2.24) is 0 Å². The number of hydrogen-bond donors (Lipinski definition) is 0. The van der Waals surface area contributed by atoms with E-state index in [-0.39, 0.29) is 138 Å². The van der Waals surface area contributed by atoms with Gasteiger partial charge in [0.2, 0.25) is 0 Å². The van der Waals surface area contributed by atoms with Crippen LogP contribution in [0.2, 0.25) is 0 Å². The molecule has 0 unspecified atom stereocenters. The van der Waals surface area contributed by atoms with E-state index >= 15 is 0 Å². The monoisotopic (exact) mass is 190 g/mol. The van der Waals surface area contributed by atoms with Gasteiger partial charge in [-0.2, -0.15) is 0 Å². The number of hydrogen-bond acceptors (Lipinski definition) is 0. The summed E-state index contributed by atoms with van der Waals surface area (Å²) in [5.74, 6) is 0. The van der Waals surface area contributed by atoms with Crippen molar-refractivity contribution < 1.29 is 24.8 Å². The minimum Gasteiger partial charge on any atom is -1.00 e. The summed E-state index contributed by atoms with van der Waals surface area (Å²) in [4.78, 5) is 0. The molecule has 0 aromatic rings. The van der Waals surface area contributed by atoms with Crippen LogP contribution in [0.5, 0.6) is 0 Å². The molecule has 0 aliphatic heterocycles. The predicted molar refractivity (Wildman–Crippen MR) is 17.3 cm³/mol. The summed E-state index contributed by atoms with van der Waals surface area (Å²) in [6.45, 7) is 0. The van der Waals surface area contributed by atoms with E-state index in [4.69, 9.17) is 0 Å². The van der Waals surface area contributed by atoms with E-state index in [2.05, 4.69) is 0 Å². The van der Waals surface area contributed by atoms with Crippen molar-refractivity contribution in [2.45, 2.75) is 0 Å². The van der Waals surface area contributed by atoms with Crippen LogP contribution >= 0.6 is 0 Å². The third-order valence-corrected chi connectivity index (χ3v) is 0. The molecule has 0 heterocycles. The smallest absolute Gasteiger partial charge is 1.00 e. The van der Waals surface area contributed by atoms with Crippen LogP contribution in [-0.4, -0.2) is 113 Å². The van der Waals surface area contributed by atoms with Crippen LogP contribution in [0.3, 0.4) is 0 Å². The van der Waals surface area contributed by atoms with Crippen LogP contribution in [0, 0.1) is 0 Å². The molecule has 0 spiro atoms. The fraction of sp³-hybridized carbons (Fsp3) is 0. The zero-order valence-corrected chi connectivity index (χ0v) is 11.0. The first-order valence-corrected chi connectivity index (χ1v) is 0. The van der Waals surface area contributed by atoms with Gasteiger partial charge in [-0.05, 0) is 0 Å². The maximum Gasteiger partial charge on any atom is 2.00 e. The molecule has 0 bridgehead atoms. The molecule has 0 rings (SSSR count).